The molecular formula is C33H42I6N6O15. The van der Waals surface area contributed by atoms with Crippen molar-refractivity contribution in [3.05, 3.63) is 43.7 Å². The molecule has 27 heteroatoms. The van der Waals surface area contributed by atoms with Gasteiger partial charge < -0.3 is 82.5 Å². The van der Waals surface area contributed by atoms with Gasteiger partial charge in [-0.05, 0) is 136 Å². The standard InChI is InChI=1S/C33H42I6N6O15/c34-22-18(30(57)41-1-12(51)7-46)24(36)28(25(37)19(22)31(58)42-2-13(52)8-47)40-5-16(55)17(56)6-45(11-50)29-26(38)20(32(59)43-3-14(53)9-48)23(35)21(27(29)39)33(60)44-4-15(54)10-49/h11-17,40,46-49,51-56H,1-10H2,(H,41,57)(H,42,58)(H,43,59)(H,44,60). The maximum Gasteiger partial charge on any atom is 0.253 e. The summed E-state index contributed by atoms with van der Waals surface area (Å²) in [4.78, 5) is 67.4. The second kappa shape index (κ2) is 27.1. The van der Waals surface area contributed by atoms with Crippen molar-refractivity contribution < 1.29 is 75.0 Å². The van der Waals surface area contributed by atoms with E-state index in [4.69, 9.17) is 0 Å². The van der Waals surface area contributed by atoms with E-state index >= 15 is 0 Å². The van der Waals surface area contributed by atoms with Gasteiger partial charge in [0.25, 0.3) is 23.6 Å². The van der Waals surface area contributed by atoms with Gasteiger partial charge in [-0.1, -0.05) is 0 Å². The molecule has 21 nitrogen and oxygen atoms in total. The molecule has 0 bridgehead atoms. The van der Waals surface area contributed by atoms with Crippen LogP contribution in [0.3, 0.4) is 0 Å². The largest absolute Gasteiger partial charge is 0.394 e. The molecule has 6 atom stereocenters. The normalized spacial score (nSPS) is 14.3. The van der Waals surface area contributed by atoms with Crippen LogP contribution in [0.1, 0.15) is 41.4 Å². The van der Waals surface area contributed by atoms with Gasteiger partial charge in [-0.15, -0.1) is 0 Å². The van der Waals surface area contributed by atoms with E-state index in [-0.39, 0.29) is 81.2 Å². The number of carbonyl (C=O) groups is 5. The van der Waals surface area contributed by atoms with Crippen LogP contribution in [0, 0.1) is 21.4 Å². The molecule has 15 N–H and O–H groups in total. The summed E-state index contributed by atoms with van der Waals surface area (Å²) in [5, 5.41) is 111. The van der Waals surface area contributed by atoms with Crippen LogP contribution < -0.4 is 31.5 Å². The van der Waals surface area contributed by atoms with E-state index in [0.29, 0.717) is 6.41 Å². The zero-order chi connectivity index (χ0) is 45.6. The van der Waals surface area contributed by atoms with Crippen molar-refractivity contribution in [2.75, 3.05) is 75.9 Å². The Hall–Kier alpha value is -0.430. The van der Waals surface area contributed by atoms with Gasteiger partial charge in [0.2, 0.25) is 6.41 Å². The van der Waals surface area contributed by atoms with Crippen LogP contribution >= 0.6 is 136 Å². The lowest BCUT2D eigenvalue weighted by molar-refractivity contribution is -0.108. The molecule has 0 aromatic heterocycles. The first kappa shape index (κ1) is 55.7. The van der Waals surface area contributed by atoms with E-state index in [0.717, 1.165) is 4.90 Å². The Morgan fingerprint density at radius 2 is 0.783 bits per heavy atom. The van der Waals surface area contributed by atoms with E-state index in [1.807, 2.05) is 45.2 Å². The van der Waals surface area contributed by atoms with Gasteiger partial charge in [0.1, 0.15) is 0 Å². The highest BCUT2D eigenvalue weighted by atomic mass is 127. The SMILES string of the molecule is O=CN(CC(O)C(O)CNc1c(I)c(C(=O)NCC(O)CO)c(I)c(C(=O)NCC(O)CO)c1I)c1c(I)c(C(=O)NCC(O)CO)c(I)c(C(=O)NCC(O)CO)c1I. The average molecular weight is 1520 g/mol. The number of halogens is 6. The summed E-state index contributed by atoms with van der Waals surface area (Å²) < 4.78 is 1.00. The molecule has 2 aromatic rings. The van der Waals surface area contributed by atoms with Crippen molar-refractivity contribution in [3.8, 4) is 0 Å². The molecule has 0 fully saturated rings. The lowest BCUT2D eigenvalue weighted by Gasteiger charge is -2.29. The molecule has 0 spiro atoms. The van der Waals surface area contributed by atoms with Crippen molar-refractivity contribution in [2.45, 2.75) is 36.6 Å². The first-order valence-electron chi connectivity index (χ1n) is 17.2. The fraction of sp³-hybridized carbons (Fsp3) is 0.485. The van der Waals surface area contributed by atoms with Crippen LogP contribution in [0.4, 0.5) is 11.4 Å². The lowest BCUT2D eigenvalue weighted by Crippen LogP contribution is -2.43. The highest BCUT2D eigenvalue weighted by Gasteiger charge is 2.33. The summed E-state index contributed by atoms with van der Waals surface area (Å²) in [6.45, 7) is -5.10. The van der Waals surface area contributed by atoms with E-state index in [9.17, 15) is 75.0 Å². The molecule has 2 rings (SSSR count). The average Bonchev–Trinajstić information content (AvgIpc) is 3.21. The second-order valence-corrected chi connectivity index (χ2v) is 19.0. The van der Waals surface area contributed by atoms with E-state index in [1.165, 1.54) is 0 Å². The number of hydrogen-bond acceptors (Lipinski definition) is 16. The highest BCUT2D eigenvalue weighted by molar-refractivity contribution is 14.1. The van der Waals surface area contributed by atoms with Gasteiger partial charge in [0.05, 0.1) is 118 Å². The molecular weight excluding hydrogens is 1480 g/mol. The molecule has 0 saturated heterocycles. The minimum atomic E-state index is -1.73. The van der Waals surface area contributed by atoms with E-state index in [1.54, 1.807) is 90.4 Å². The van der Waals surface area contributed by atoms with Crippen molar-refractivity contribution in [1.29, 1.82) is 0 Å². The number of nitrogens with one attached hydrogen (secondary N) is 5. The Balaban J connectivity index is 2.59. The third-order valence-electron chi connectivity index (χ3n) is 8.09. The molecule has 0 aliphatic rings. The molecule has 0 saturated carbocycles. The summed E-state index contributed by atoms with van der Waals surface area (Å²) in [7, 11) is 0. The quantitative estimate of drug-likeness (QED) is 0.0380. The molecule has 2 aromatic carbocycles. The Morgan fingerprint density at radius 3 is 1.07 bits per heavy atom. The van der Waals surface area contributed by atoms with Crippen molar-refractivity contribution >= 4 is 177 Å². The maximum absolute atomic E-state index is 13.5. The topological polar surface area (TPSA) is 351 Å². The Kier molecular flexibility index (Phi) is 25.2. The molecule has 0 radical (unpaired) electrons. The Bertz CT molecular complexity index is 1760. The van der Waals surface area contributed by atoms with Crippen LogP contribution in [0.25, 0.3) is 0 Å². The fourth-order valence-electron chi connectivity index (χ4n) is 4.83. The molecule has 0 aliphatic carbocycles. The number of aliphatic hydroxyl groups excluding tert-OH is 10. The predicted molar refractivity (Wildman–Crippen MR) is 265 cm³/mol. The summed E-state index contributed by atoms with van der Waals surface area (Å²) >= 11 is 10.7. The molecule has 0 heterocycles. The fourth-order valence-corrected chi connectivity index (χ4v) is 14.1. The van der Waals surface area contributed by atoms with Crippen molar-refractivity contribution in [3.63, 3.8) is 0 Å². The maximum atomic E-state index is 13.5. The first-order valence-corrected chi connectivity index (χ1v) is 23.7. The van der Waals surface area contributed by atoms with Gasteiger partial charge in [0, 0.05) is 39.9 Å². The number of carbonyl (C=O) groups excluding carboxylic acids is 5. The predicted octanol–water partition coefficient (Wildman–Crippen LogP) is -2.56. The smallest absolute Gasteiger partial charge is 0.253 e. The van der Waals surface area contributed by atoms with E-state index in [2.05, 4.69) is 26.6 Å². The van der Waals surface area contributed by atoms with Gasteiger partial charge >= 0.3 is 0 Å². The van der Waals surface area contributed by atoms with Crippen LogP contribution in [0.2, 0.25) is 0 Å². The number of rotatable bonds is 24. The summed E-state index contributed by atoms with van der Waals surface area (Å²) in [5.41, 5.74) is -0.171. The summed E-state index contributed by atoms with van der Waals surface area (Å²) in [5.74, 6) is -3.07. The first-order chi connectivity index (χ1) is 28.2. The van der Waals surface area contributed by atoms with Gasteiger partial charge in [-0.25, -0.2) is 0 Å². The van der Waals surface area contributed by atoms with Gasteiger partial charge in [-0.3, -0.25) is 24.0 Å². The minimum Gasteiger partial charge on any atom is -0.394 e. The number of aliphatic hydroxyl groups is 10. The van der Waals surface area contributed by atoms with Gasteiger partial charge in [0.15, 0.2) is 0 Å². The monoisotopic (exact) mass is 1520 g/mol. The number of amides is 5. The van der Waals surface area contributed by atoms with Crippen LogP contribution in [0.5, 0.6) is 0 Å². The molecule has 6 unspecified atom stereocenters. The molecule has 5 amide bonds. The second-order valence-electron chi connectivity index (χ2n) is 12.6. The third kappa shape index (κ3) is 15.1. The minimum absolute atomic E-state index is 0.0291. The highest BCUT2D eigenvalue weighted by Crippen LogP contribution is 2.39. The lowest BCUT2D eigenvalue weighted by atomic mass is 10.1. The zero-order valence-corrected chi connectivity index (χ0v) is 43.8. The van der Waals surface area contributed by atoms with Crippen molar-refractivity contribution in [1.82, 2.24) is 21.3 Å². The summed E-state index contributed by atoms with van der Waals surface area (Å²) in [6, 6.07) is 0. The Morgan fingerprint density at radius 1 is 0.483 bits per heavy atom. The number of nitrogens with zero attached hydrogens (tertiary/aromatic N) is 1. The number of benzene rings is 2. The molecule has 60 heavy (non-hydrogen) atoms. The zero-order valence-electron chi connectivity index (χ0n) is 30.8. The molecule has 0 aliphatic heterocycles. The van der Waals surface area contributed by atoms with Crippen molar-refractivity contribution in [2.24, 2.45) is 0 Å². The van der Waals surface area contributed by atoms with Gasteiger partial charge in [-0.2, -0.15) is 0 Å². The number of anilines is 2. The van der Waals surface area contributed by atoms with Crippen LogP contribution in [-0.2, 0) is 4.79 Å². The summed E-state index contributed by atoms with van der Waals surface area (Å²) in [6.07, 6.45) is -8.31. The van der Waals surface area contributed by atoms with Crippen LogP contribution in [-0.4, -0.2) is 183 Å². The van der Waals surface area contributed by atoms with E-state index < -0.39 is 99.8 Å². The number of hydrogen-bond donors (Lipinski definition) is 15. The van der Waals surface area contributed by atoms with Crippen LogP contribution in [0.15, 0.2) is 0 Å². The molecule has 336 valence electrons. The third-order valence-corrected chi connectivity index (χ3v) is 14.5. The Labute approximate surface area is 424 Å².